The molecule has 0 aromatic heterocycles. The predicted octanol–water partition coefficient (Wildman–Crippen LogP) is 2.65. The van der Waals surface area contributed by atoms with Crippen LogP contribution in [0.5, 0.6) is 0 Å². The molecule has 0 saturated heterocycles. The zero-order valence-corrected chi connectivity index (χ0v) is 9.13. The average molecular weight is 279 g/mol. The van der Waals surface area contributed by atoms with E-state index in [-0.39, 0.29) is 0 Å². The van der Waals surface area contributed by atoms with Gasteiger partial charge in [-0.1, -0.05) is 0 Å². The number of hydrogen-bond acceptors (Lipinski definition) is 2. The molecule has 9 heteroatoms. The summed E-state index contributed by atoms with van der Waals surface area (Å²) in [6.45, 7) is 2.11. The van der Waals surface area contributed by atoms with Crippen LogP contribution in [-0.2, 0) is 4.79 Å². The molecule has 2 nitrogen and oxygen atoms in total. The molecule has 0 fully saturated rings. The van der Waals surface area contributed by atoms with Crippen molar-refractivity contribution in [2.75, 3.05) is 0 Å². The highest BCUT2D eigenvalue weighted by atomic mass is 19.3. The van der Waals surface area contributed by atoms with Crippen molar-refractivity contribution in [1.82, 2.24) is 5.32 Å². The lowest BCUT2D eigenvalue weighted by molar-refractivity contribution is -0.268. The van der Waals surface area contributed by atoms with Crippen molar-refractivity contribution in [1.29, 1.82) is 0 Å². The van der Waals surface area contributed by atoms with Crippen LogP contribution in [0.25, 0.3) is 0 Å². The van der Waals surface area contributed by atoms with E-state index in [1.165, 1.54) is 5.32 Å². The molecule has 0 heterocycles. The van der Waals surface area contributed by atoms with Gasteiger partial charge in [0, 0.05) is 6.04 Å². The molecule has 0 amide bonds. The summed E-state index contributed by atoms with van der Waals surface area (Å²) in [5.41, 5.74) is 0. The molecular weight excluding hydrogens is 271 g/mol. The summed E-state index contributed by atoms with van der Waals surface area (Å²) in [5, 5.41) is 1.18. The van der Waals surface area contributed by atoms with Crippen molar-refractivity contribution in [2.24, 2.45) is 0 Å². The molecule has 1 aliphatic carbocycles. The Labute approximate surface area is 96.8 Å². The molecule has 18 heavy (non-hydrogen) atoms. The number of halogens is 7. The van der Waals surface area contributed by atoms with Crippen LogP contribution in [0, 0.1) is 0 Å². The van der Waals surface area contributed by atoms with E-state index in [0.717, 1.165) is 13.8 Å². The highest BCUT2D eigenvalue weighted by Gasteiger charge is 2.79. The topological polar surface area (TPSA) is 29.1 Å². The SMILES string of the molecule is CC(C)NC1(F)C(F)=C(F)C(=O)C(F)(F)C1(F)F. The summed E-state index contributed by atoms with van der Waals surface area (Å²) in [6, 6.07) is -1.21. The fourth-order valence-electron chi connectivity index (χ4n) is 1.44. The highest BCUT2D eigenvalue weighted by molar-refractivity contribution is 6.01. The second-order valence-electron chi connectivity index (χ2n) is 4.06. The molecule has 0 saturated carbocycles. The van der Waals surface area contributed by atoms with E-state index >= 15 is 0 Å². The summed E-state index contributed by atoms with van der Waals surface area (Å²) in [6.07, 6.45) is 0. The van der Waals surface area contributed by atoms with E-state index in [4.69, 9.17) is 0 Å². The van der Waals surface area contributed by atoms with Crippen molar-refractivity contribution < 1.29 is 35.5 Å². The molecule has 0 bridgehead atoms. The summed E-state index contributed by atoms with van der Waals surface area (Å²) < 4.78 is 92.0. The molecule has 0 spiro atoms. The van der Waals surface area contributed by atoms with Crippen molar-refractivity contribution >= 4 is 5.78 Å². The number of carbonyl (C=O) groups excluding carboxylic acids is 1. The van der Waals surface area contributed by atoms with Gasteiger partial charge >= 0.3 is 11.8 Å². The summed E-state index contributed by atoms with van der Waals surface area (Å²) in [5.74, 6) is -25.0. The van der Waals surface area contributed by atoms with Crippen molar-refractivity contribution in [3.05, 3.63) is 11.7 Å². The monoisotopic (exact) mass is 279 g/mol. The van der Waals surface area contributed by atoms with Crippen LogP contribution in [0.1, 0.15) is 13.8 Å². The number of allylic oxidation sites excluding steroid dienone is 1. The Morgan fingerprint density at radius 2 is 1.50 bits per heavy atom. The largest absolute Gasteiger partial charge is 0.379 e. The summed E-state index contributed by atoms with van der Waals surface area (Å²) in [7, 11) is 0. The zero-order valence-electron chi connectivity index (χ0n) is 9.13. The van der Waals surface area contributed by atoms with Crippen LogP contribution in [-0.4, -0.2) is 29.5 Å². The van der Waals surface area contributed by atoms with Gasteiger partial charge in [-0.3, -0.25) is 10.1 Å². The van der Waals surface area contributed by atoms with Gasteiger partial charge in [-0.25, -0.2) is 8.78 Å². The van der Waals surface area contributed by atoms with E-state index in [0.29, 0.717) is 0 Å². The predicted molar refractivity (Wildman–Crippen MR) is 46.3 cm³/mol. The first-order valence-corrected chi connectivity index (χ1v) is 4.72. The van der Waals surface area contributed by atoms with Crippen molar-refractivity contribution in [2.45, 2.75) is 37.5 Å². The van der Waals surface area contributed by atoms with Gasteiger partial charge < -0.3 is 0 Å². The number of ketones is 1. The van der Waals surface area contributed by atoms with Crippen LogP contribution in [0.3, 0.4) is 0 Å². The quantitative estimate of drug-likeness (QED) is 0.622. The molecule has 1 N–H and O–H groups in total. The van der Waals surface area contributed by atoms with E-state index in [9.17, 15) is 35.5 Å². The Balaban J connectivity index is 3.53. The number of alkyl halides is 5. The molecule has 0 radical (unpaired) electrons. The Morgan fingerprint density at radius 3 is 1.89 bits per heavy atom. The third-order valence-electron chi connectivity index (χ3n) is 2.29. The third-order valence-corrected chi connectivity index (χ3v) is 2.29. The Hall–Kier alpha value is -1.12. The molecule has 0 aromatic rings. The maximum Gasteiger partial charge on any atom is 0.379 e. The fourth-order valence-corrected chi connectivity index (χ4v) is 1.44. The smallest absolute Gasteiger partial charge is 0.284 e. The Morgan fingerprint density at radius 1 is 1.06 bits per heavy atom. The highest BCUT2D eigenvalue weighted by Crippen LogP contribution is 2.53. The minimum absolute atomic E-state index is 1.05. The van der Waals surface area contributed by atoms with E-state index in [2.05, 4.69) is 0 Å². The van der Waals surface area contributed by atoms with E-state index in [1.807, 2.05) is 0 Å². The average Bonchev–Trinajstić information content (AvgIpc) is 2.22. The van der Waals surface area contributed by atoms with Gasteiger partial charge in [0.05, 0.1) is 0 Å². The van der Waals surface area contributed by atoms with Gasteiger partial charge in [-0.15, -0.1) is 0 Å². The van der Waals surface area contributed by atoms with Gasteiger partial charge in [-0.05, 0) is 13.8 Å². The summed E-state index contributed by atoms with van der Waals surface area (Å²) >= 11 is 0. The maximum absolute atomic E-state index is 13.7. The van der Waals surface area contributed by atoms with Crippen LogP contribution >= 0.6 is 0 Å². The lowest BCUT2D eigenvalue weighted by atomic mass is 9.88. The molecular formula is C9H8F7NO. The minimum Gasteiger partial charge on any atom is -0.284 e. The first-order chi connectivity index (χ1) is 7.89. The van der Waals surface area contributed by atoms with Gasteiger partial charge in [0.25, 0.3) is 11.6 Å². The van der Waals surface area contributed by atoms with Crippen molar-refractivity contribution in [3.63, 3.8) is 0 Å². The lowest BCUT2D eigenvalue weighted by Gasteiger charge is -2.40. The molecule has 1 aliphatic rings. The summed E-state index contributed by atoms with van der Waals surface area (Å²) in [4.78, 5) is 10.5. The molecule has 1 rings (SSSR count). The minimum atomic E-state index is -5.75. The third kappa shape index (κ3) is 1.63. The Bertz CT molecular complexity index is 417. The number of Topliss-reactive ketones (excluding diaryl/α,β-unsaturated/α-hetero) is 1. The first-order valence-electron chi connectivity index (χ1n) is 4.72. The Kier molecular flexibility index (Phi) is 3.27. The molecule has 0 aromatic carbocycles. The molecule has 1 unspecified atom stereocenters. The second-order valence-corrected chi connectivity index (χ2v) is 4.06. The normalized spacial score (nSPS) is 31.1. The van der Waals surface area contributed by atoms with Crippen LogP contribution in [0.2, 0.25) is 0 Å². The first kappa shape index (κ1) is 14.9. The standard InChI is InChI=1S/C9H8F7NO/c1-3(2)17-8(14)5(11)4(10)6(18)7(12,13)9(8,15)16/h3,17H,1-2H3. The molecule has 1 atom stereocenters. The van der Waals surface area contributed by atoms with Crippen LogP contribution < -0.4 is 5.32 Å². The van der Waals surface area contributed by atoms with Crippen LogP contribution in [0.4, 0.5) is 30.7 Å². The van der Waals surface area contributed by atoms with Gasteiger partial charge in [0.2, 0.25) is 5.83 Å². The van der Waals surface area contributed by atoms with E-state index < -0.39 is 41.1 Å². The lowest BCUT2D eigenvalue weighted by Crippen LogP contribution is -2.69. The zero-order chi connectivity index (χ0) is 14.5. The van der Waals surface area contributed by atoms with E-state index in [1.54, 1.807) is 0 Å². The van der Waals surface area contributed by atoms with Crippen molar-refractivity contribution in [3.8, 4) is 0 Å². The number of carbonyl (C=O) groups is 1. The van der Waals surface area contributed by atoms with Crippen LogP contribution in [0.15, 0.2) is 11.7 Å². The molecule has 0 aliphatic heterocycles. The number of rotatable bonds is 2. The number of hydrogen-bond donors (Lipinski definition) is 1. The number of nitrogens with one attached hydrogen (secondary N) is 1. The fraction of sp³-hybridized carbons (Fsp3) is 0.667. The molecule has 104 valence electrons. The van der Waals surface area contributed by atoms with Gasteiger partial charge in [0.15, 0.2) is 5.83 Å². The van der Waals surface area contributed by atoms with Gasteiger partial charge in [0.1, 0.15) is 0 Å². The van der Waals surface area contributed by atoms with Gasteiger partial charge in [-0.2, -0.15) is 22.0 Å². The maximum atomic E-state index is 13.7. The second kappa shape index (κ2) is 3.94.